The Bertz CT molecular complexity index is 777. The van der Waals surface area contributed by atoms with Crippen LogP contribution in [0.4, 0.5) is 0 Å². The fourth-order valence-corrected chi connectivity index (χ4v) is 6.43. The van der Waals surface area contributed by atoms with E-state index in [4.69, 9.17) is 9.47 Å². The number of hydrogen-bond donors (Lipinski definition) is 1. The van der Waals surface area contributed by atoms with E-state index < -0.39 is 62.5 Å². The maximum absolute atomic E-state index is 13.2. The zero-order chi connectivity index (χ0) is 21.3. The molecule has 158 valence electrons. The second-order valence-electron chi connectivity index (χ2n) is 7.07. The van der Waals surface area contributed by atoms with Crippen molar-refractivity contribution in [3.8, 4) is 0 Å². The lowest BCUT2D eigenvalue weighted by atomic mass is 9.90. The van der Waals surface area contributed by atoms with Gasteiger partial charge < -0.3 is 19.5 Å². The van der Waals surface area contributed by atoms with Crippen molar-refractivity contribution in [1.29, 1.82) is 0 Å². The predicted molar refractivity (Wildman–Crippen MR) is 94.7 cm³/mol. The van der Waals surface area contributed by atoms with Gasteiger partial charge in [0.2, 0.25) is 5.91 Å². The first-order chi connectivity index (χ1) is 13.0. The van der Waals surface area contributed by atoms with Crippen LogP contribution in [0, 0.1) is 0 Å². The monoisotopic (exact) mass is 419 g/mol. The van der Waals surface area contributed by atoms with Crippen molar-refractivity contribution in [2.24, 2.45) is 0 Å². The van der Waals surface area contributed by atoms with E-state index in [2.05, 4.69) is 0 Å². The van der Waals surface area contributed by atoms with Crippen molar-refractivity contribution in [3.63, 3.8) is 0 Å². The van der Waals surface area contributed by atoms with Crippen molar-refractivity contribution >= 4 is 33.7 Å². The van der Waals surface area contributed by atoms with Crippen LogP contribution in [0.3, 0.4) is 0 Å². The summed E-state index contributed by atoms with van der Waals surface area (Å²) in [5.41, 5.74) is 0. The van der Waals surface area contributed by atoms with Gasteiger partial charge in [-0.05, 0) is 13.3 Å². The number of carboxylic acid groups (broad SMARTS) is 1. The molecule has 1 amide bonds. The van der Waals surface area contributed by atoms with Crippen molar-refractivity contribution < 1.29 is 42.2 Å². The lowest BCUT2D eigenvalue weighted by Crippen LogP contribution is -2.63. The lowest BCUT2D eigenvalue weighted by molar-refractivity contribution is -0.165. The van der Waals surface area contributed by atoms with E-state index in [0.717, 1.165) is 24.7 Å². The number of β-lactam (4-membered cyclic amide) rings is 1. The molecule has 2 saturated heterocycles. The van der Waals surface area contributed by atoms with Gasteiger partial charge >= 0.3 is 17.9 Å². The predicted octanol–water partition coefficient (Wildman–Crippen LogP) is 0.240. The molecule has 2 fully saturated rings. The maximum atomic E-state index is 13.2. The Kier molecular flexibility index (Phi) is 6.37. The number of sulfone groups is 1. The van der Waals surface area contributed by atoms with Gasteiger partial charge in [-0.25, -0.2) is 13.2 Å². The summed E-state index contributed by atoms with van der Waals surface area (Å²) < 4.78 is 34.3. The molecule has 0 aromatic heterocycles. The summed E-state index contributed by atoms with van der Waals surface area (Å²) in [5, 5.41) is 8.37. The van der Waals surface area contributed by atoms with E-state index in [-0.39, 0.29) is 12.8 Å². The Morgan fingerprint density at radius 1 is 1.32 bits per heavy atom. The Morgan fingerprint density at radius 2 is 1.96 bits per heavy atom. The van der Waals surface area contributed by atoms with Crippen LogP contribution in [-0.4, -0.2) is 71.1 Å². The molecular formula is C17H25NO9S. The maximum Gasteiger partial charge on any atom is 0.328 e. The van der Waals surface area contributed by atoms with Crippen LogP contribution >= 0.6 is 0 Å². The third-order valence-corrected chi connectivity index (χ3v) is 8.13. The molecule has 0 spiro atoms. The average molecular weight is 419 g/mol. The quantitative estimate of drug-likeness (QED) is 0.315. The zero-order valence-corrected chi connectivity index (χ0v) is 16.9. The van der Waals surface area contributed by atoms with Gasteiger partial charge in [-0.1, -0.05) is 19.8 Å². The molecule has 2 aliphatic heterocycles. The van der Waals surface area contributed by atoms with Gasteiger partial charge in [0.15, 0.2) is 20.6 Å². The minimum absolute atomic E-state index is 0.0473. The van der Waals surface area contributed by atoms with E-state index >= 15 is 0 Å². The molecule has 28 heavy (non-hydrogen) atoms. The largest absolute Gasteiger partial charge is 0.480 e. The highest BCUT2D eigenvalue weighted by atomic mass is 32.2. The van der Waals surface area contributed by atoms with Gasteiger partial charge in [-0.3, -0.25) is 14.4 Å². The van der Waals surface area contributed by atoms with Gasteiger partial charge in [0.25, 0.3) is 0 Å². The van der Waals surface area contributed by atoms with Crippen LogP contribution < -0.4 is 0 Å². The molecule has 11 heteroatoms. The molecule has 2 aliphatic rings. The van der Waals surface area contributed by atoms with Gasteiger partial charge in [-0.15, -0.1) is 0 Å². The summed E-state index contributed by atoms with van der Waals surface area (Å²) in [6.45, 7) is 3.43. The molecule has 0 saturated carbocycles. The molecule has 2 heterocycles. The second kappa shape index (κ2) is 8.06. The number of carbonyl (C=O) groups is 4. The topological polar surface area (TPSA) is 144 Å². The molecule has 0 unspecified atom stereocenters. The van der Waals surface area contributed by atoms with Crippen LogP contribution in [0.2, 0.25) is 0 Å². The molecule has 0 aromatic carbocycles. The molecule has 1 N–H and O–H groups in total. The van der Waals surface area contributed by atoms with E-state index in [1.807, 2.05) is 6.92 Å². The van der Waals surface area contributed by atoms with Crippen LogP contribution in [0.1, 0.15) is 52.9 Å². The Morgan fingerprint density at radius 3 is 2.46 bits per heavy atom. The van der Waals surface area contributed by atoms with Crippen LogP contribution in [0.15, 0.2) is 0 Å². The highest BCUT2D eigenvalue weighted by Gasteiger charge is 2.75. The van der Waals surface area contributed by atoms with E-state index in [1.54, 1.807) is 0 Å². The lowest BCUT2D eigenvalue weighted by Gasteiger charge is -2.37. The van der Waals surface area contributed by atoms with Crippen molar-refractivity contribution in [3.05, 3.63) is 0 Å². The molecule has 0 aliphatic carbocycles. The molecule has 2 rings (SSSR count). The number of ether oxygens (including phenoxy) is 2. The van der Waals surface area contributed by atoms with E-state index in [1.165, 1.54) is 6.92 Å². The number of esters is 2. The number of fused-ring (bicyclic) bond motifs is 1. The highest BCUT2D eigenvalue weighted by Crippen LogP contribution is 2.49. The van der Waals surface area contributed by atoms with Crippen molar-refractivity contribution in [2.75, 3.05) is 6.61 Å². The minimum Gasteiger partial charge on any atom is -0.480 e. The number of carboxylic acids is 1. The summed E-state index contributed by atoms with van der Waals surface area (Å²) >= 11 is 0. The van der Waals surface area contributed by atoms with E-state index in [0.29, 0.717) is 6.42 Å². The minimum atomic E-state index is -4.31. The summed E-state index contributed by atoms with van der Waals surface area (Å²) in [7, 11) is -4.31. The highest BCUT2D eigenvalue weighted by molar-refractivity contribution is 7.94. The molecule has 4 atom stereocenters. The number of amides is 1. The molecular weight excluding hydrogens is 394 g/mol. The van der Waals surface area contributed by atoms with Gasteiger partial charge in [0, 0.05) is 13.3 Å². The first kappa shape index (κ1) is 22.1. The Balaban J connectivity index is 2.43. The first-order valence-electron chi connectivity index (χ1n) is 9.11. The van der Waals surface area contributed by atoms with Gasteiger partial charge in [-0.2, -0.15) is 0 Å². The Hall–Kier alpha value is -2.17. The number of unbranched alkanes of at least 4 members (excludes halogenated alkanes) is 2. The van der Waals surface area contributed by atoms with Crippen molar-refractivity contribution in [1.82, 2.24) is 4.90 Å². The number of hydrogen-bond acceptors (Lipinski definition) is 8. The third-order valence-electron chi connectivity index (χ3n) is 5.29. The Labute approximate surface area is 163 Å². The summed E-state index contributed by atoms with van der Waals surface area (Å²) in [5.74, 6) is -3.70. The van der Waals surface area contributed by atoms with E-state index in [9.17, 15) is 32.7 Å². The van der Waals surface area contributed by atoms with Crippen LogP contribution in [0.5, 0.6) is 0 Å². The summed E-state index contributed by atoms with van der Waals surface area (Å²) in [6, 6.07) is -1.82. The van der Waals surface area contributed by atoms with Crippen LogP contribution in [0.25, 0.3) is 0 Å². The SMILES string of the molecule is CCCCCC(=O)O[C@H](C)[C@]1(COC(C)=O)[C@H](C(=O)O)N2C(=O)C[C@H]2S1(=O)=O. The van der Waals surface area contributed by atoms with Gasteiger partial charge in [0.1, 0.15) is 18.1 Å². The summed E-state index contributed by atoms with van der Waals surface area (Å²) in [4.78, 5) is 48.1. The summed E-state index contributed by atoms with van der Waals surface area (Å²) in [6.07, 6.45) is 0.444. The number of aliphatic carboxylic acids is 1. The molecule has 10 nitrogen and oxygen atoms in total. The average Bonchev–Trinajstić information content (AvgIpc) is 2.74. The second-order valence-corrected chi connectivity index (χ2v) is 9.46. The zero-order valence-electron chi connectivity index (χ0n) is 16.0. The first-order valence-corrected chi connectivity index (χ1v) is 10.7. The third kappa shape index (κ3) is 3.47. The molecule has 0 aromatic rings. The molecule has 0 bridgehead atoms. The van der Waals surface area contributed by atoms with Gasteiger partial charge in [0.05, 0.1) is 6.42 Å². The smallest absolute Gasteiger partial charge is 0.328 e. The standard InChI is InChI=1S/C17H25NO9S/c1-4-5-6-7-14(21)27-10(2)17(9-26-11(3)19)15(16(22)23)18-12(20)8-13(18)28(17,24)25/h10,13,15H,4-9H2,1-3H3,(H,22,23)/t10-,13-,15+,17-/m1/s1. The number of nitrogens with zero attached hydrogens (tertiary/aromatic N) is 1. The molecule has 0 radical (unpaired) electrons. The normalized spacial score (nSPS) is 28.8. The number of carbonyl (C=O) groups excluding carboxylic acids is 3. The van der Waals surface area contributed by atoms with Crippen LogP contribution in [-0.2, 0) is 38.5 Å². The fourth-order valence-electron chi connectivity index (χ4n) is 3.76. The van der Waals surface area contributed by atoms with Crippen molar-refractivity contribution in [2.45, 2.75) is 75.1 Å². The number of rotatable bonds is 9. The fraction of sp³-hybridized carbons (Fsp3) is 0.765.